The average molecular weight is 246 g/mol. The molecule has 2 rings (SSSR count). The van der Waals surface area contributed by atoms with Crippen LogP contribution in [-0.2, 0) is 11.2 Å². The zero-order valence-corrected chi connectivity index (χ0v) is 11.2. The van der Waals surface area contributed by atoms with Crippen molar-refractivity contribution in [3.05, 3.63) is 29.5 Å². The third kappa shape index (κ3) is 1.98. The Labute approximate surface area is 107 Å². The Kier molecular flexibility index (Phi) is 3.36. The topological polar surface area (TPSA) is 44.1 Å². The molecule has 0 N–H and O–H groups in total. The highest BCUT2D eigenvalue weighted by Crippen LogP contribution is 2.23. The summed E-state index contributed by atoms with van der Waals surface area (Å²) in [6.07, 6.45) is 0.883. The van der Waals surface area contributed by atoms with Gasteiger partial charge in [-0.3, -0.25) is 4.68 Å². The van der Waals surface area contributed by atoms with Gasteiger partial charge in [-0.05, 0) is 32.4 Å². The molecule has 0 aliphatic rings. The number of rotatable bonds is 3. The summed E-state index contributed by atoms with van der Waals surface area (Å²) in [5, 5.41) is 5.71. The minimum atomic E-state index is -0.313. The van der Waals surface area contributed by atoms with Gasteiger partial charge in [-0.2, -0.15) is 5.10 Å². The Morgan fingerprint density at radius 2 is 2.17 bits per heavy atom. The van der Waals surface area contributed by atoms with Crippen LogP contribution in [0.5, 0.6) is 0 Å². The molecule has 0 fully saturated rings. The van der Waals surface area contributed by atoms with E-state index in [4.69, 9.17) is 4.74 Å². The summed E-state index contributed by atoms with van der Waals surface area (Å²) in [6.45, 7) is 6.24. The SMILES string of the molecule is CCc1nn(C(C)C)c2cc(C(=O)OC)ccc12. The Morgan fingerprint density at radius 1 is 1.44 bits per heavy atom. The number of fused-ring (bicyclic) bond motifs is 1. The van der Waals surface area contributed by atoms with Gasteiger partial charge in [-0.25, -0.2) is 4.79 Å². The van der Waals surface area contributed by atoms with E-state index in [1.54, 1.807) is 6.07 Å². The Morgan fingerprint density at radius 3 is 2.72 bits per heavy atom. The van der Waals surface area contributed by atoms with E-state index >= 15 is 0 Å². The second kappa shape index (κ2) is 4.80. The molecule has 0 spiro atoms. The smallest absolute Gasteiger partial charge is 0.337 e. The van der Waals surface area contributed by atoms with Crippen molar-refractivity contribution in [2.45, 2.75) is 33.2 Å². The lowest BCUT2D eigenvalue weighted by Gasteiger charge is -2.07. The highest BCUT2D eigenvalue weighted by Gasteiger charge is 2.14. The van der Waals surface area contributed by atoms with Crippen molar-refractivity contribution in [3.8, 4) is 0 Å². The molecule has 4 heteroatoms. The van der Waals surface area contributed by atoms with E-state index in [1.807, 2.05) is 16.8 Å². The summed E-state index contributed by atoms with van der Waals surface area (Å²) in [4.78, 5) is 11.6. The largest absolute Gasteiger partial charge is 0.465 e. The molecule has 4 nitrogen and oxygen atoms in total. The van der Waals surface area contributed by atoms with Crippen LogP contribution in [0.3, 0.4) is 0 Å². The van der Waals surface area contributed by atoms with Crippen LogP contribution in [0.2, 0.25) is 0 Å². The number of esters is 1. The third-order valence-electron chi connectivity index (χ3n) is 3.03. The molecule has 1 aromatic heterocycles. The maximum Gasteiger partial charge on any atom is 0.337 e. The molecule has 0 radical (unpaired) electrons. The first-order valence-electron chi connectivity index (χ1n) is 6.18. The summed E-state index contributed by atoms with van der Waals surface area (Å²) >= 11 is 0. The van der Waals surface area contributed by atoms with E-state index < -0.39 is 0 Å². The summed E-state index contributed by atoms with van der Waals surface area (Å²) in [5.41, 5.74) is 2.62. The normalized spacial score (nSPS) is 11.2. The molecular weight excluding hydrogens is 228 g/mol. The van der Waals surface area contributed by atoms with Gasteiger partial charge < -0.3 is 4.74 Å². The van der Waals surface area contributed by atoms with Crippen molar-refractivity contribution in [1.82, 2.24) is 9.78 Å². The van der Waals surface area contributed by atoms with Crippen LogP contribution in [0.1, 0.15) is 42.9 Å². The number of aromatic nitrogens is 2. The van der Waals surface area contributed by atoms with Crippen LogP contribution in [0.25, 0.3) is 10.9 Å². The number of carbonyl (C=O) groups excluding carboxylic acids is 1. The molecule has 18 heavy (non-hydrogen) atoms. The number of benzene rings is 1. The van der Waals surface area contributed by atoms with Gasteiger partial charge in [-0.1, -0.05) is 13.0 Å². The molecule has 0 atom stereocenters. The fourth-order valence-electron chi connectivity index (χ4n) is 2.10. The van der Waals surface area contributed by atoms with Crippen LogP contribution in [0.15, 0.2) is 18.2 Å². The minimum absolute atomic E-state index is 0.265. The lowest BCUT2D eigenvalue weighted by atomic mass is 10.1. The fourth-order valence-corrected chi connectivity index (χ4v) is 2.10. The van der Waals surface area contributed by atoms with E-state index in [2.05, 4.69) is 25.9 Å². The first-order valence-corrected chi connectivity index (χ1v) is 6.18. The van der Waals surface area contributed by atoms with Gasteiger partial charge in [-0.15, -0.1) is 0 Å². The van der Waals surface area contributed by atoms with Gasteiger partial charge in [0.1, 0.15) is 0 Å². The lowest BCUT2D eigenvalue weighted by Crippen LogP contribution is -2.04. The van der Waals surface area contributed by atoms with E-state index in [0.29, 0.717) is 5.56 Å². The van der Waals surface area contributed by atoms with Crippen molar-refractivity contribution in [2.75, 3.05) is 7.11 Å². The average Bonchev–Trinajstić information content (AvgIpc) is 2.75. The van der Waals surface area contributed by atoms with Gasteiger partial charge in [0.05, 0.1) is 23.9 Å². The molecule has 0 aliphatic heterocycles. The molecule has 0 unspecified atom stereocenters. The number of methoxy groups -OCH3 is 1. The number of carbonyl (C=O) groups is 1. The van der Waals surface area contributed by atoms with E-state index in [9.17, 15) is 4.79 Å². The van der Waals surface area contributed by atoms with Gasteiger partial charge in [0.2, 0.25) is 0 Å². The number of aryl methyl sites for hydroxylation is 1. The molecule has 96 valence electrons. The monoisotopic (exact) mass is 246 g/mol. The van der Waals surface area contributed by atoms with Crippen LogP contribution in [-0.4, -0.2) is 22.9 Å². The van der Waals surface area contributed by atoms with Crippen molar-refractivity contribution in [2.24, 2.45) is 0 Å². The van der Waals surface area contributed by atoms with E-state index in [-0.39, 0.29) is 12.0 Å². The summed E-state index contributed by atoms with van der Waals surface area (Å²) in [7, 11) is 1.39. The van der Waals surface area contributed by atoms with Crippen LogP contribution < -0.4 is 0 Å². The number of hydrogen-bond donors (Lipinski definition) is 0. The van der Waals surface area contributed by atoms with Crippen molar-refractivity contribution >= 4 is 16.9 Å². The summed E-state index contributed by atoms with van der Waals surface area (Å²) in [6, 6.07) is 5.86. The molecule has 1 heterocycles. The quantitative estimate of drug-likeness (QED) is 0.782. The molecule has 2 aromatic rings. The first-order chi connectivity index (χ1) is 8.58. The maximum absolute atomic E-state index is 11.6. The Balaban J connectivity index is 2.66. The van der Waals surface area contributed by atoms with Gasteiger partial charge in [0.15, 0.2) is 0 Å². The maximum atomic E-state index is 11.6. The predicted octanol–water partition coefficient (Wildman–Crippen LogP) is 2.97. The Bertz CT molecular complexity index is 585. The van der Waals surface area contributed by atoms with Gasteiger partial charge in [0.25, 0.3) is 0 Å². The molecule has 0 saturated carbocycles. The van der Waals surface area contributed by atoms with Gasteiger partial charge >= 0.3 is 5.97 Å². The summed E-state index contributed by atoms with van der Waals surface area (Å²) < 4.78 is 6.71. The standard InChI is InChI=1S/C14H18N2O2/c1-5-12-11-7-6-10(14(17)18-4)8-13(11)16(15-12)9(2)3/h6-9H,5H2,1-4H3. The predicted molar refractivity (Wildman–Crippen MR) is 70.8 cm³/mol. The molecule has 0 amide bonds. The fraction of sp³-hybridized carbons (Fsp3) is 0.429. The first kappa shape index (κ1) is 12.6. The number of nitrogens with zero attached hydrogens (tertiary/aromatic N) is 2. The summed E-state index contributed by atoms with van der Waals surface area (Å²) in [5.74, 6) is -0.313. The zero-order chi connectivity index (χ0) is 13.3. The molecule has 0 aliphatic carbocycles. The highest BCUT2D eigenvalue weighted by molar-refractivity contribution is 5.95. The second-order valence-corrected chi connectivity index (χ2v) is 4.56. The van der Waals surface area contributed by atoms with Crippen molar-refractivity contribution in [1.29, 1.82) is 0 Å². The van der Waals surface area contributed by atoms with E-state index in [0.717, 1.165) is 23.0 Å². The molecular formula is C14H18N2O2. The molecule has 0 bridgehead atoms. The van der Waals surface area contributed by atoms with Crippen LogP contribution in [0.4, 0.5) is 0 Å². The minimum Gasteiger partial charge on any atom is -0.465 e. The number of ether oxygens (including phenoxy) is 1. The Hall–Kier alpha value is -1.84. The lowest BCUT2D eigenvalue weighted by molar-refractivity contribution is 0.0601. The number of hydrogen-bond acceptors (Lipinski definition) is 3. The van der Waals surface area contributed by atoms with E-state index in [1.165, 1.54) is 7.11 Å². The van der Waals surface area contributed by atoms with Crippen molar-refractivity contribution < 1.29 is 9.53 Å². The molecule has 1 aromatic carbocycles. The third-order valence-corrected chi connectivity index (χ3v) is 3.03. The van der Waals surface area contributed by atoms with Crippen LogP contribution in [0, 0.1) is 0 Å². The zero-order valence-electron chi connectivity index (χ0n) is 11.2. The second-order valence-electron chi connectivity index (χ2n) is 4.56. The van der Waals surface area contributed by atoms with Crippen LogP contribution >= 0.6 is 0 Å². The molecule has 0 saturated heterocycles. The highest BCUT2D eigenvalue weighted by atomic mass is 16.5. The van der Waals surface area contributed by atoms with Crippen molar-refractivity contribution in [3.63, 3.8) is 0 Å². The van der Waals surface area contributed by atoms with Gasteiger partial charge in [0, 0.05) is 11.4 Å².